The molecule has 0 spiro atoms. The van der Waals surface area contributed by atoms with Gasteiger partial charge in [0.25, 0.3) is 0 Å². The molecule has 3 nitrogen and oxygen atoms in total. The second kappa shape index (κ2) is 12.7. The van der Waals surface area contributed by atoms with E-state index in [1.807, 2.05) is 36.7 Å². The zero-order valence-electron chi connectivity index (χ0n) is 29.8. The third-order valence-corrected chi connectivity index (χ3v) is 13.4. The molecule has 0 unspecified atom stereocenters. The van der Waals surface area contributed by atoms with Gasteiger partial charge >= 0.3 is 0 Å². The van der Waals surface area contributed by atoms with Crippen LogP contribution in [0.4, 0.5) is 0 Å². The van der Waals surface area contributed by atoms with Crippen molar-refractivity contribution in [3.05, 3.63) is 171 Å². The summed E-state index contributed by atoms with van der Waals surface area (Å²) in [6.07, 6.45) is 3.72. The summed E-state index contributed by atoms with van der Waals surface area (Å²) in [6, 6.07) is 37.0. The van der Waals surface area contributed by atoms with Gasteiger partial charge in [0.15, 0.2) is 0 Å². The highest BCUT2D eigenvalue weighted by Gasteiger charge is 2.45. The minimum atomic E-state index is -2.48. The number of pyridine rings is 3. The molecule has 4 heterocycles. The van der Waals surface area contributed by atoms with Gasteiger partial charge in [-0.2, -0.15) is 0 Å². The van der Waals surface area contributed by atoms with Gasteiger partial charge in [-0.25, -0.2) is 4.98 Å². The highest BCUT2D eigenvalue weighted by Crippen LogP contribution is 2.57. The molecule has 1 aliphatic rings. The Bertz CT molecular complexity index is 2090. The van der Waals surface area contributed by atoms with Crippen LogP contribution in [0.15, 0.2) is 116 Å². The maximum atomic E-state index is 5.43. The summed E-state index contributed by atoms with van der Waals surface area (Å²) < 4.78 is 0. The molecular formula is C45H43N3Si. The lowest BCUT2D eigenvalue weighted by Crippen LogP contribution is -2.29. The SMILES string of the molecule is Cc1cc(C)c(C2=C(c3cccc(-c4ccccn4)c3)[Si](C)(C)C(c3cccc(-c4ccccn4)n3)=C2c2c(C)cc(C)cc2C)c(C)c1. The molecule has 49 heavy (non-hydrogen) atoms. The van der Waals surface area contributed by atoms with Crippen molar-refractivity contribution < 1.29 is 0 Å². The summed E-state index contributed by atoms with van der Waals surface area (Å²) in [5.74, 6) is 0. The van der Waals surface area contributed by atoms with Gasteiger partial charge in [0.1, 0.15) is 8.07 Å². The minimum Gasteiger partial charge on any atom is -0.256 e. The standard InChI is InChI=1S/C45H43N3Si/c1-28-23-30(3)40(31(4)24-28)42-43(41-32(5)25-29(2)26-33(41)6)45(39-20-14-19-38(48-39)37-18-10-12-22-47-37)49(7,8)44(42)35-16-13-15-34(27-35)36-17-9-11-21-46-36/h9-27H,1-8H3. The molecule has 0 fully saturated rings. The molecule has 1 aliphatic heterocycles. The molecule has 0 atom stereocenters. The lowest BCUT2D eigenvalue weighted by Gasteiger charge is -2.26. The van der Waals surface area contributed by atoms with Crippen molar-refractivity contribution in [2.75, 3.05) is 0 Å². The fraction of sp³-hybridized carbons (Fsp3) is 0.178. The lowest BCUT2D eigenvalue weighted by atomic mass is 9.82. The first-order valence-corrected chi connectivity index (χ1v) is 20.1. The number of rotatable bonds is 6. The molecular weight excluding hydrogens is 611 g/mol. The average molecular weight is 654 g/mol. The predicted octanol–water partition coefficient (Wildman–Crippen LogP) is 11.4. The fourth-order valence-corrected chi connectivity index (χ4v) is 11.9. The summed E-state index contributed by atoms with van der Waals surface area (Å²) in [5, 5.41) is 2.81. The Morgan fingerprint density at radius 3 is 1.45 bits per heavy atom. The average Bonchev–Trinajstić information content (AvgIpc) is 3.30. The monoisotopic (exact) mass is 653 g/mol. The fourth-order valence-electron chi connectivity index (χ4n) is 8.20. The van der Waals surface area contributed by atoms with Crippen LogP contribution in [0.1, 0.15) is 55.8 Å². The highest BCUT2D eigenvalue weighted by molar-refractivity contribution is 7.13. The van der Waals surface area contributed by atoms with Gasteiger partial charge in [-0.05, 0) is 144 Å². The Labute approximate surface area is 292 Å². The van der Waals surface area contributed by atoms with E-state index < -0.39 is 8.07 Å². The van der Waals surface area contributed by atoms with Crippen molar-refractivity contribution in [3.8, 4) is 22.6 Å². The molecule has 0 saturated carbocycles. The van der Waals surface area contributed by atoms with Crippen molar-refractivity contribution in [1.82, 2.24) is 15.0 Å². The van der Waals surface area contributed by atoms with Gasteiger partial charge in [0.2, 0.25) is 0 Å². The summed E-state index contributed by atoms with van der Waals surface area (Å²) >= 11 is 0. The molecule has 0 amide bonds. The van der Waals surface area contributed by atoms with Crippen LogP contribution in [0.5, 0.6) is 0 Å². The van der Waals surface area contributed by atoms with Gasteiger partial charge < -0.3 is 0 Å². The van der Waals surface area contributed by atoms with Gasteiger partial charge in [-0.1, -0.05) is 84.9 Å². The summed E-state index contributed by atoms with van der Waals surface area (Å²) in [5.41, 5.74) is 19.2. The minimum absolute atomic E-state index is 0.883. The number of allylic oxidation sites excluding steroid dienone is 2. The Hall–Kier alpha value is -5.19. The molecule has 0 saturated heterocycles. The van der Waals surface area contributed by atoms with Crippen LogP contribution in [0.3, 0.4) is 0 Å². The number of hydrogen-bond acceptors (Lipinski definition) is 3. The molecule has 0 N–H and O–H groups in total. The number of aryl methyl sites for hydroxylation is 6. The number of aromatic nitrogens is 3. The van der Waals surface area contributed by atoms with E-state index in [1.54, 1.807) is 0 Å². The topological polar surface area (TPSA) is 38.7 Å². The van der Waals surface area contributed by atoms with Crippen LogP contribution >= 0.6 is 0 Å². The van der Waals surface area contributed by atoms with Crippen LogP contribution in [0, 0.1) is 41.5 Å². The first kappa shape index (κ1) is 32.4. The summed E-state index contributed by atoms with van der Waals surface area (Å²) in [6.45, 7) is 18.6. The molecule has 0 radical (unpaired) electrons. The number of nitrogens with zero attached hydrogens (tertiary/aromatic N) is 3. The molecule has 3 aromatic heterocycles. The number of hydrogen-bond donors (Lipinski definition) is 0. The van der Waals surface area contributed by atoms with Gasteiger partial charge in [0.05, 0.1) is 22.8 Å². The number of benzene rings is 3. The van der Waals surface area contributed by atoms with Crippen molar-refractivity contribution in [2.45, 2.75) is 54.6 Å². The molecule has 6 aromatic rings. The summed E-state index contributed by atoms with van der Waals surface area (Å²) in [4.78, 5) is 14.8. The Kier molecular flexibility index (Phi) is 8.38. The third-order valence-electron chi connectivity index (χ3n) is 9.90. The van der Waals surface area contributed by atoms with Gasteiger partial charge in [-0.3, -0.25) is 9.97 Å². The predicted molar refractivity (Wildman–Crippen MR) is 210 cm³/mol. The van der Waals surface area contributed by atoms with E-state index in [4.69, 9.17) is 9.97 Å². The zero-order valence-corrected chi connectivity index (χ0v) is 30.8. The second-order valence-corrected chi connectivity index (χ2v) is 18.3. The van der Waals surface area contributed by atoms with E-state index in [0.717, 1.165) is 28.3 Å². The van der Waals surface area contributed by atoms with Crippen LogP contribution in [0.2, 0.25) is 13.1 Å². The van der Waals surface area contributed by atoms with Crippen molar-refractivity contribution in [2.24, 2.45) is 0 Å². The molecule has 4 heteroatoms. The van der Waals surface area contributed by atoms with E-state index >= 15 is 0 Å². The normalized spacial score (nSPS) is 14.1. The smallest absolute Gasteiger partial charge is 0.117 e. The quantitative estimate of drug-likeness (QED) is 0.168. The molecule has 0 bridgehead atoms. The largest absolute Gasteiger partial charge is 0.256 e. The van der Waals surface area contributed by atoms with Gasteiger partial charge in [-0.15, -0.1) is 0 Å². The van der Waals surface area contributed by atoms with Crippen LogP contribution in [-0.4, -0.2) is 23.0 Å². The summed E-state index contributed by atoms with van der Waals surface area (Å²) in [7, 11) is -2.48. The zero-order chi connectivity index (χ0) is 34.4. The van der Waals surface area contributed by atoms with Crippen LogP contribution < -0.4 is 0 Å². The van der Waals surface area contributed by atoms with E-state index in [1.165, 1.54) is 71.6 Å². The Balaban J connectivity index is 1.63. The van der Waals surface area contributed by atoms with E-state index in [0.29, 0.717) is 0 Å². The Morgan fingerprint density at radius 2 is 0.898 bits per heavy atom. The van der Waals surface area contributed by atoms with Crippen LogP contribution in [-0.2, 0) is 0 Å². The van der Waals surface area contributed by atoms with E-state index in [2.05, 4.69) is 138 Å². The second-order valence-electron chi connectivity index (χ2n) is 14.1. The first-order valence-electron chi connectivity index (χ1n) is 17.1. The molecule has 7 rings (SSSR count). The van der Waals surface area contributed by atoms with Crippen molar-refractivity contribution in [1.29, 1.82) is 0 Å². The molecule has 0 aliphatic carbocycles. The highest BCUT2D eigenvalue weighted by atomic mass is 28.3. The van der Waals surface area contributed by atoms with E-state index in [-0.39, 0.29) is 0 Å². The van der Waals surface area contributed by atoms with E-state index in [9.17, 15) is 0 Å². The molecule has 242 valence electrons. The van der Waals surface area contributed by atoms with Crippen LogP contribution in [0.25, 0.3) is 44.2 Å². The first-order chi connectivity index (χ1) is 23.5. The third kappa shape index (κ3) is 5.81. The van der Waals surface area contributed by atoms with Gasteiger partial charge in [0, 0.05) is 18.0 Å². The van der Waals surface area contributed by atoms with Crippen molar-refractivity contribution >= 4 is 29.6 Å². The molecule has 3 aromatic carbocycles. The lowest BCUT2D eigenvalue weighted by molar-refractivity contribution is 1.23. The maximum absolute atomic E-state index is 5.43. The van der Waals surface area contributed by atoms with Crippen molar-refractivity contribution in [3.63, 3.8) is 0 Å². The Morgan fingerprint density at radius 1 is 0.429 bits per heavy atom. The maximum Gasteiger partial charge on any atom is 0.117 e.